The van der Waals surface area contributed by atoms with Crippen molar-refractivity contribution in [3.63, 3.8) is 0 Å². The molecule has 1 unspecified atom stereocenters. The van der Waals surface area contributed by atoms with Crippen LogP contribution in [-0.4, -0.2) is 37.9 Å². The molecule has 1 aromatic heterocycles. The molecule has 24 heavy (non-hydrogen) atoms. The van der Waals surface area contributed by atoms with E-state index in [1.807, 2.05) is 6.92 Å². The molecule has 0 aliphatic heterocycles. The van der Waals surface area contributed by atoms with Crippen LogP contribution in [0.5, 0.6) is 17.4 Å². The second-order valence-electron chi connectivity index (χ2n) is 5.09. The summed E-state index contributed by atoms with van der Waals surface area (Å²) in [6.45, 7) is 2.27. The van der Waals surface area contributed by atoms with Crippen molar-refractivity contribution in [2.45, 2.75) is 13.0 Å². The van der Waals surface area contributed by atoms with Crippen molar-refractivity contribution in [3.8, 4) is 17.4 Å². The highest BCUT2D eigenvalue weighted by Crippen LogP contribution is 2.27. The van der Waals surface area contributed by atoms with E-state index in [9.17, 15) is 4.79 Å². The monoisotopic (exact) mass is 331 g/mol. The van der Waals surface area contributed by atoms with Gasteiger partial charge in [0, 0.05) is 13.3 Å². The summed E-state index contributed by atoms with van der Waals surface area (Å²) in [6, 6.07) is 10.1. The summed E-state index contributed by atoms with van der Waals surface area (Å²) in [4.78, 5) is 16.2. The van der Waals surface area contributed by atoms with Gasteiger partial charge in [-0.15, -0.1) is 0 Å². The maximum absolute atomic E-state index is 12.0. The SMILES string of the molecule is COCC(C)NC(=O)Nc1cccnc1Oc1ccc(OC)cc1. The van der Waals surface area contributed by atoms with E-state index in [0.29, 0.717) is 23.9 Å². The highest BCUT2D eigenvalue weighted by Gasteiger charge is 2.12. The first kappa shape index (κ1) is 17.6. The van der Waals surface area contributed by atoms with Gasteiger partial charge in [-0.1, -0.05) is 0 Å². The summed E-state index contributed by atoms with van der Waals surface area (Å²) >= 11 is 0. The Morgan fingerprint density at radius 1 is 1.17 bits per heavy atom. The minimum atomic E-state index is -0.355. The molecule has 2 aromatic rings. The molecule has 1 aromatic carbocycles. The van der Waals surface area contributed by atoms with E-state index in [4.69, 9.17) is 14.2 Å². The lowest BCUT2D eigenvalue weighted by molar-refractivity contribution is 0.173. The molecule has 0 aliphatic rings. The summed E-state index contributed by atoms with van der Waals surface area (Å²) < 4.78 is 15.8. The van der Waals surface area contributed by atoms with Gasteiger partial charge in [-0.25, -0.2) is 9.78 Å². The largest absolute Gasteiger partial charge is 0.497 e. The number of carbonyl (C=O) groups is 1. The third-order valence-corrected chi connectivity index (χ3v) is 3.09. The van der Waals surface area contributed by atoms with Gasteiger partial charge in [0.2, 0.25) is 5.88 Å². The first-order valence-corrected chi connectivity index (χ1v) is 7.45. The van der Waals surface area contributed by atoms with E-state index < -0.39 is 0 Å². The molecule has 2 amide bonds. The van der Waals surface area contributed by atoms with Crippen LogP contribution in [0.15, 0.2) is 42.6 Å². The third kappa shape index (κ3) is 5.13. The van der Waals surface area contributed by atoms with Crippen molar-refractivity contribution in [1.82, 2.24) is 10.3 Å². The van der Waals surface area contributed by atoms with Crippen LogP contribution in [0.4, 0.5) is 10.5 Å². The summed E-state index contributed by atoms with van der Waals surface area (Å²) in [5.74, 6) is 1.62. The van der Waals surface area contributed by atoms with Crippen LogP contribution >= 0.6 is 0 Å². The van der Waals surface area contributed by atoms with E-state index >= 15 is 0 Å². The van der Waals surface area contributed by atoms with E-state index in [0.717, 1.165) is 5.75 Å². The van der Waals surface area contributed by atoms with Gasteiger partial charge in [0.1, 0.15) is 17.2 Å². The Labute approximate surface area is 140 Å². The predicted molar refractivity (Wildman–Crippen MR) is 90.8 cm³/mol. The van der Waals surface area contributed by atoms with Crippen molar-refractivity contribution in [2.24, 2.45) is 0 Å². The second kappa shape index (κ2) is 8.73. The van der Waals surface area contributed by atoms with Crippen molar-refractivity contribution in [2.75, 3.05) is 26.1 Å². The molecule has 0 fully saturated rings. The van der Waals surface area contributed by atoms with E-state index in [1.54, 1.807) is 56.8 Å². The number of ether oxygens (including phenoxy) is 3. The standard InChI is InChI=1S/C17H21N3O4/c1-12(11-22-2)19-17(21)20-15-5-4-10-18-16(15)24-14-8-6-13(23-3)7-9-14/h4-10,12H,11H2,1-3H3,(H2,19,20,21). The molecule has 1 heterocycles. The second-order valence-corrected chi connectivity index (χ2v) is 5.09. The minimum Gasteiger partial charge on any atom is -0.497 e. The van der Waals surface area contributed by atoms with Crippen LogP contribution in [0.1, 0.15) is 6.92 Å². The first-order chi connectivity index (χ1) is 11.6. The molecule has 0 bridgehead atoms. The Hall–Kier alpha value is -2.80. The van der Waals surface area contributed by atoms with E-state index in [-0.39, 0.29) is 12.1 Å². The lowest BCUT2D eigenvalue weighted by atomic mass is 10.3. The van der Waals surface area contributed by atoms with Crippen molar-refractivity contribution in [3.05, 3.63) is 42.6 Å². The zero-order chi connectivity index (χ0) is 17.4. The number of amides is 2. The topological polar surface area (TPSA) is 81.7 Å². The number of pyridine rings is 1. The van der Waals surface area contributed by atoms with Gasteiger partial charge in [-0.3, -0.25) is 0 Å². The van der Waals surface area contributed by atoms with Crippen LogP contribution in [0, 0.1) is 0 Å². The lowest BCUT2D eigenvalue weighted by Crippen LogP contribution is -2.38. The molecule has 2 N–H and O–H groups in total. The van der Waals surface area contributed by atoms with Gasteiger partial charge in [0.05, 0.1) is 19.8 Å². The number of nitrogens with one attached hydrogen (secondary N) is 2. The van der Waals surface area contributed by atoms with Crippen LogP contribution in [0.25, 0.3) is 0 Å². The molecule has 0 saturated carbocycles. The van der Waals surface area contributed by atoms with Crippen LogP contribution in [-0.2, 0) is 4.74 Å². The number of nitrogens with zero attached hydrogens (tertiary/aromatic N) is 1. The number of hydrogen-bond acceptors (Lipinski definition) is 5. The van der Waals surface area contributed by atoms with E-state index in [1.165, 1.54) is 0 Å². The number of hydrogen-bond donors (Lipinski definition) is 2. The number of anilines is 1. The molecule has 7 nitrogen and oxygen atoms in total. The van der Waals surface area contributed by atoms with Crippen molar-refractivity contribution in [1.29, 1.82) is 0 Å². The van der Waals surface area contributed by atoms with Crippen molar-refractivity contribution < 1.29 is 19.0 Å². The quantitative estimate of drug-likeness (QED) is 0.815. The number of benzene rings is 1. The van der Waals surface area contributed by atoms with Gasteiger partial charge in [-0.2, -0.15) is 0 Å². The maximum Gasteiger partial charge on any atom is 0.319 e. The van der Waals surface area contributed by atoms with Crippen LogP contribution < -0.4 is 20.1 Å². The maximum atomic E-state index is 12.0. The Balaban J connectivity index is 2.05. The Kier molecular flexibility index (Phi) is 6.39. The molecule has 7 heteroatoms. The molecular weight excluding hydrogens is 310 g/mol. The van der Waals surface area contributed by atoms with Gasteiger partial charge >= 0.3 is 6.03 Å². The molecule has 0 spiro atoms. The molecule has 2 rings (SSSR count). The fourth-order valence-electron chi connectivity index (χ4n) is 2.00. The summed E-state index contributed by atoms with van der Waals surface area (Å²) in [6.07, 6.45) is 1.59. The summed E-state index contributed by atoms with van der Waals surface area (Å²) in [7, 11) is 3.18. The number of aromatic nitrogens is 1. The highest BCUT2D eigenvalue weighted by molar-refractivity contribution is 5.90. The smallest absolute Gasteiger partial charge is 0.319 e. The number of carbonyl (C=O) groups excluding carboxylic acids is 1. The number of urea groups is 1. The average molecular weight is 331 g/mol. The van der Waals surface area contributed by atoms with Gasteiger partial charge in [0.15, 0.2) is 0 Å². The average Bonchev–Trinajstić information content (AvgIpc) is 2.57. The normalized spacial score (nSPS) is 11.5. The summed E-state index contributed by atoms with van der Waals surface area (Å²) in [5, 5.41) is 5.49. The van der Waals surface area contributed by atoms with Gasteiger partial charge in [-0.05, 0) is 43.3 Å². The van der Waals surface area contributed by atoms with Crippen LogP contribution in [0.2, 0.25) is 0 Å². The zero-order valence-electron chi connectivity index (χ0n) is 13.9. The molecular formula is C17H21N3O4. The molecule has 0 aliphatic carbocycles. The fourth-order valence-corrected chi connectivity index (χ4v) is 2.00. The fraction of sp³-hybridized carbons (Fsp3) is 0.294. The third-order valence-electron chi connectivity index (χ3n) is 3.09. The Bertz CT molecular complexity index is 661. The Morgan fingerprint density at radius 3 is 2.54 bits per heavy atom. The lowest BCUT2D eigenvalue weighted by Gasteiger charge is -2.15. The van der Waals surface area contributed by atoms with Gasteiger partial charge in [0.25, 0.3) is 0 Å². The van der Waals surface area contributed by atoms with Gasteiger partial charge < -0.3 is 24.8 Å². The number of methoxy groups -OCH3 is 2. The predicted octanol–water partition coefficient (Wildman–Crippen LogP) is 3.04. The molecule has 1 atom stereocenters. The summed E-state index contributed by atoms with van der Waals surface area (Å²) in [5.41, 5.74) is 0.468. The molecule has 0 saturated heterocycles. The number of rotatable bonds is 7. The van der Waals surface area contributed by atoms with Crippen LogP contribution in [0.3, 0.4) is 0 Å². The van der Waals surface area contributed by atoms with E-state index in [2.05, 4.69) is 15.6 Å². The Morgan fingerprint density at radius 2 is 1.88 bits per heavy atom. The molecule has 128 valence electrons. The minimum absolute atomic E-state index is 0.113. The first-order valence-electron chi connectivity index (χ1n) is 7.45. The zero-order valence-corrected chi connectivity index (χ0v) is 13.9. The highest BCUT2D eigenvalue weighted by atomic mass is 16.5. The molecule has 0 radical (unpaired) electrons. The van der Waals surface area contributed by atoms with Crippen molar-refractivity contribution >= 4 is 11.7 Å².